The Morgan fingerprint density at radius 2 is 1.76 bits per heavy atom. The monoisotopic (exact) mass is 567 g/mol. The summed E-state index contributed by atoms with van der Waals surface area (Å²) in [6.45, 7) is 2.11. The number of hydrogen-bond acceptors (Lipinski definition) is 3. The molecule has 0 aliphatic heterocycles. The van der Waals surface area contributed by atoms with Gasteiger partial charge in [-0.15, -0.1) is 35.9 Å². The third kappa shape index (κ3) is 5.13. The van der Waals surface area contributed by atoms with Crippen LogP contribution < -0.4 is 0 Å². The molecule has 29 heavy (non-hydrogen) atoms. The predicted molar refractivity (Wildman–Crippen MR) is 113 cm³/mol. The van der Waals surface area contributed by atoms with E-state index in [1.54, 1.807) is 0 Å². The number of hydrogen-bond donors (Lipinski definition) is 2. The molecule has 4 heteroatoms. The molecule has 2 saturated carbocycles. The quantitative estimate of drug-likeness (QED) is 0.411. The molecule has 1 aromatic heterocycles. The Hall–Kier alpha value is -1.58. The second kappa shape index (κ2) is 9.95. The van der Waals surface area contributed by atoms with Crippen molar-refractivity contribution in [3.8, 4) is 11.3 Å². The van der Waals surface area contributed by atoms with Crippen LogP contribution in [0.15, 0.2) is 54.7 Å². The van der Waals surface area contributed by atoms with Gasteiger partial charge in [0.2, 0.25) is 0 Å². The second-order valence-corrected chi connectivity index (χ2v) is 8.18. The third-order valence-electron chi connectivity index (χ3n) is 6.20. The van der Waals surface area contributed by atoms with Crippen molar-refractivity contribution in [3.63, 3.8) is 0 Å². The Bertz CT molecular complexity index is 929. The van der Waals surface area contributed by atoms with E-state index < -0.39 is 0 Å². The Labute approximate surface area is 186 Å². The van der Waals surface area contributed by atoms with Crippen molar-refractivity contribution in [2.24, 2.45) is 11.8 Å². The number of aryl methyl sites for hydroxylation is 1. The fourth-order valence-electron chi connectivity index (χ4n) is 4.73. The summed E-state index contributed by atoms with van der Waals surface area (Å²) in [5, 5.41) is 21.5. The molecule has 0 amide bonds. The van der Waals surface area contributed by atoms with Gasteiger partial charge in [0, 0.05) is 32.2 Å². The number of fused-ring (bicyclic) bond motifs is 2. The van der Waals surface area contributed by atoms with Crippen molar-refractivity contribution < 1.29 is 30.3 Å². The summed E-state index contributed by atoms with van der Waals surface area (Å²) in [6.07, 6.45) is 6.80. The standard InChI is InChI=1S/C16H12N.C9H16O2.Ir/c1-12-7-8-14-11-17-16(10-15(14)9-12)13-5-3-2-4-6-13;10-7-3-1-2-6-4-5-8(11)9(6)7;/h2-5,7-11H,1H3;6-11H,1-5H2;/q-1;;. The minimum Gasteiger partial charge on any atom is -0.393 e. The van der Waals surface area contributed by atoms with E-state index in [-0.39, 0.29) is 38.2 Å². The van der Waals surface area contributed by atoms with Gasteiger partial charge in [-0.25, -0.2) is 0 Å². The van der Waals surface area contributed by atoms with Crippen molar-refractivity contribution in [3.05, 3.63) is 66.4 Å². The van der Waals surface area contributed by atoms with Crippen LogP contribution in [0.1, 0.15) is 37.7 Å². The molecule has 2 aliphatic rings. The van der Waals surface area contributed by atoms with Gasteiger partial charge >= 0.3 is 0 Å². The van der Waals surface area contributed by atoms with Crippen LogP contribution in [0.5, 0.6) is 0 Å². The van der Waals surface area contributed by atoms with Crippen LogP contribution in [0.25, 0.3) is 22.0 Å². The molecule has 4 unspecified atom stereocenters. The molecule has 0 saturated heterocycles. The van der Waals surface area contributed by atoms with Crippen molar-refractivity contribution in [2.45, 2.75) is 51.2 Å². The van der Waals surface area contributed by atoms with Crippen LogP contribution in [0.2, 0.25) is 0 Å². The summed E-state index contributed by atoms with van der Waals surface area (Å²) >= 11 is 0. The van der Waals surface area contributed by atoms with Gasteiger partial charge in [0.1, 0.15) is 0 Å². The number of rotatable bonds is 1. The molecule has 3 aromatic rings. The van der Waals surface area contributed by atoms with Crippen molar-refractivity contribution in [1.29, 1.82) is 0 Å². The van der Waals surface area contributed by atoms with E-state index in [1.165, 1.54) is 22.8 Å². The zero-order valence-corrected chi connectivity index (χ0v) is 19.1. The first kappa shape index (κ1) is 22.1. The Morgan fingerprint density at radius 1 is 0.931 bits per heavy atom. The minimum atomic E-state index is -0.216. The number of aliphatic hydroxyl groups is 2. The summed E-state index contributed by atoms with van der Waals surface area (Å²) in [7, 11) is 0. The minimum absolute atomic E-state index is 0. The molecular weight excluding hydrogens is 538 g/mol. The average Bonchev–Trinajstić information content (AvgIpc) is 3.11. The van der Waals surface area contributed by atoms with Crippen LogP contribution in [0.4, 0.5) is 0 Å². The van der Waals surface area contributed by atoms with E-state index in [2.05, 4.69) is 42.2 Å². The van der Waals surface area contributed by atoms with Gasteiger partial charge in [-0.1, -0.05) is 36.2 Å². The molecular formula is C25H28IrNO2-. The second-order valence-electron chi connectivity index (χ2n) is 8.18. The van der Waals surface area contributed by atoms with Crippen LogP contribution in [-0.2, 0) is 20.1 Å². The predicted octanol–water partition coefficient (Wildman–Crippen LogP) is 4.93. The topological polar surface area (TPSA) is 53.4 Å². The Kier molecular flexibility index (Phi) is 7.59. The fraction of sp³-hybridized carbons (Fsp3) is 0.400. The van der Waals surface area contributed by atoms with Gasteiger partial charge in [0.15, 0.2) is 0 Å². The first-order valence-corrected chi connectivity index (χ1v) is 10.3. The number of aliphatic hydroxyl groups excluding tert-OH is 2. The van der Waals surface area contributed by atoms with Crippen molar-refractivity contribution in [1.82, 2.24) is 4.98 Å². The molecule has 155 valence electrons. The average molecular weight is 567 g/mol. The molecule has 2 fully saturated rings. The SMILES string of the molecule is Cc1ccc2cnc(-c3[c-]cccc3)cc2c1.OC1CCCC2CCC(O)C12.[Ir]. The molecule has 0 bridgehead atoms. The van der Waals surface area contributed by atoms with E-state index in [1.807, 2.05) is 30.5 Å². The van der Waals surface area contributed by atoms with E-state index in [0.717, 1.165) is 36.9 Å². The zero-order chi connectivity index (χ0) is 19.5. The first-order chi connectivity index (χ1) is 13.6. The Morgan fingerprint density at radius 3 is 2.52 bits per heavy atom. The number of pyridine rings is 1. The van der Waals surface area contributed by atoms with Gasteiger partial charge in [-0.2, -0.15) is 0 Å². The first-order valence-electron chi connectivity index (χ1n) is 10.3. The maximum atomic E-state index is 9.59. The zero-order valence-electron chi connectivity index (χ0n) is 16.7. The largest absolute Gasteiger partial charge is 0.393 e. The molecule has 1 heterocycles. The molecule has 2 aliphatic carbocycles. The molecule has 2 aromatic carbocycles. The maximum absolute atomic E-state index is 9.59. The molecule has 5 rings (SSSR count). The van der Waals surface area contributed by atoms with Crippen molar-refractivity contribution in [2.75, 3.05) is 0 Å². The molecule has 1 radical (unpaired) electrons. The van der Waals surface area contributed by atoms with E-state index in [9.17, 15) is 10.2 Å². The van der Waals surface area contributed by atoms with Crippen LogP contribution in [0.3, 0.4) is 0 Å². The molecule has 2 N–H and O–H groups in total. The van der Waals surface area contributed by atoms with E-state index >= 15 is 0 Å². The number of benzene rings is 2. The summed E-state index contributed by atoms with van der Waals surface area (Å²) in [5.41, 5.74) is 3.28. The molecule has 4 atom stereocenters. The van der Waals surface area contributed by atoms with Gasteiger partial charge in [0.25, 0.3) is 0 Å². The summed E-state index contributed by atoms with van der Waals surface area (Å²) in [6, 6.07) is 19.6. The summed E-state index contributed by atoms with van der Waals surface area (Å²) in [5.74, 6) is 0.831. The number of aromatic nitrogens is 1. The Balaban J connectivity index is 0.000000174. The van der Waals surface area contributed by atoms with Gasteiger partial charge in [-0.05, 0) is 55.0 Å². The third-order valence-corrected chi connectivity index (χ3v) is 6.20. The van der Waals surface area contributed by atoms with Gasteiger partial charge < -0.3 is 15.2 Å². The van der Waals surface area contributed by atoms with Crippen molar-refractivity contribution >= 4 is 10.8 Å². The van der Waals surface area contributed by atoms with Crippen LogP contribution in [0, 0.1) is 24.8 Å². The fourth-order valence-corrected chi connectivity index (χ4v) is 4.73. The molecule has 3 nitrogen and oxygen atoms in total. The summed E-state index contributed by atoms with van der Waals surface area (Å²) in [4.78, 5) is 4.48. The summed E-state index contributed by atoms with van der Waals surface area (Å²) < 4.78 is 0. The number of nitrogens with zero attached hydrogens (tertiary/aromatic N) is 1. The molecule has 0 spiro atoms. The van der Waals surface area contributed by atoms with Crippen LogP contribution >= 0.6 is 0 Å². The smallest absolute Gasteiger partial charge is 0.0595 e. The van der Waals surface area contributed by atoms with Gasteiger partial charge in [0.05, 0.1) is 12.2 Å². The van der Waals surface area contributed by atoms with Gasteiger partial charge in [-0.3, -0.25) is 0 Å². The van der Waals surface area contributed by atoms with E-state index in [0.29, 0.717) is 5.92 Å². The van der Waals surface area contributed by atoms with Crippen LogP contribution in [-0.4, -0.2) is 27.4 Å². The normalized spacial score (nSPS) is 25.5. The maximum Gasteiger partial charge on any atom is 0.0595 e. The van der Waals surface area contributed by atoms with E-state index in [4.69, 9.17) is 0 Å².